The van der Waals surface area contributed by atoms with E-state index in [2.05, 4.69) is 29.3 Å². The molecule has 0 saturated heterocycles. The molecule has 0 bridgehead atoms. The maximum Gasteiger partial charge on any atom is 0.100 e. The minimum atomic E-state index is 0.690. The average Bonchev–Trinajstić information content (AvgIpc) is 2.87. The number of rotatable bonds is 2. The van der Waals surface area contributed by atoms with Crippen molar-refractivity contribution >= 4 is 11.8 Å². The number of benzene rings is 1. The lowest BCUT2D eigenvalue weighted by atomic mass is 10.1. The molecule has 1 aromatic carbocycles. The summed E-state index contributed by atoms with van der Waals surface area (Å²) in [6.07, 6.45) is 7.07. The van der Waals surface area contributed by atoms with Gasteiger partial charge in [-0.25, -0.2) is 0 Å². The maximum atomic E-state index is 9.06. The number of nitrogens with zero attached hydrogens (tertiary/aromatic N) is 2. The summed E-state index contributed by atoms with van der Waals surface area (Å²) in [6.45, 7) is 0. The van der Waals surface area contributed by atoms with Crippen molar-refractivity contribution in [2.45, 2.75) is 29.1 Å². The highest BCUT2D eigenvalue weighted by molar-refractivity contribution is 7.99. The Bertz CT molecular complexity index is 629. The molecule has 1 aliphatic carbocycles. The number of hydrogen-bond acceptors (Lipinski definition) is 3. The number of pyridine rings is 1. The smallest absolute Gasteiger partial charge is 0.100 e. The predicted octanol–water partition coefficient (Wildman–Crippen LogP) is 3.59. The fourth-order valence-corrected chi connectivity index (χ4v) is 3.22. The second-order valence-corrected chi connectivity index (χ2v) is 5.49. The van der Waals surface area contributed by atoms with Crippen molar-refractivity contribution in [1.29, 1.82) is 5.26 Å². The normalized spacial score (nSPS) is 13.1. The topological polar surface area (TPSA) is 36.7 Å². The summed E-state index contributed by atoms with van der Waals surface area (Å²) < 4.78 is 0. The van der Waals surface area contributed by atoms with Crippen LogP contribution in [-0.4, -0.2) is 4.98 Å². The minimum absolute atomic E-state index is 0.690. The third kappa shape index (κ3) is 2.12. The van der Waals surface area contributed by atoms with Gasteiger partial charge in [0, 0.05) is 22.2 Å². The van der Waals surface area contributed by atoms with Gasteiger partial charge in [0.15, 0.2) is 0 Å². The molecule has 0 unspecified atom stereocenters. The zero-order chi connectivity index (χ0) is 12.4. The van der Waals surface area contributed by atoms with Crippen LogP contribution in [0.25, 0.3) is 0 Å². The van der Waals surface area contributed by atoms with E-state index in [0.717, 1.165) is 4.90 Å². The van der Waals surface area contributed by atoms with Crippen LogP contribution in [0, 0.1) is 11.3 Å². The van der Waals surface area contributed by atoms with Crippen LogP contribution < -0.4 is 0 Å². The van der Waals surface area contributed by atoms with Gasteiger partial charge in [-0.05, 0) is 48.6 Å². The van der Waals surface area contributed by atoms with Crippen molar-refractivity contribution in [3.05, 3.63) is 53.3 Å². The first kappa shape index (κ1) is 11.3. The Hall–Kier alpha value is -1.79. The minimum Gasteiger partial charge on any atom is -0.263 e. The van der Waals surface area contributed by atoms with Crippen LogP contribution in [0.3, 0.4) is 0 Å². The van der Waals surface area contributed by atoms with Crippen LogP contribution in [0.2, 0.25) is 0 Å². The molecular formula is C15H12N2S. The number of hydrogen-bond donors (Lipinski definition) is 0. The van der Waals surface area contributed by atoms with E-state index in [1.54, 1.807) is 30.2 Å². The highest BCUT2D eigenvalue weighted by atomic mass is 32.2. The zero-order valence-electron chi connectivity index (χ0n) is 9.89. The summed E-state index contributed by atoms with van der Waals surface area (Å²) >= 11 is 1.62. The molecule has 3 rings (SSSR count). The molecule has 18 heavy (non-hydrogen) atoms. The zero-order valence-corrected chi connectivity index (χ0v) is 10.7. The predicted molar refractivity (Wildman–Crippen MR) is 71.5 cm³/mol. The Morgan fingerprint density at radius 1 is 1.17 bits per heavy atom. The van der Waals surface area contributed by atoms with Gasteiger partial charge in [-0.2, -0.15) is 5.26 Å². The second-order valence-electron chi connectivity index (χ2n) is 4.37. The van der Waals surface area contributed by atoms with Crippen LogP contribution in [0.5, 0.6) is 0 Å². The Labute approximate surface area is 111 Å². The lowest BCUT2D eigenvalue weighted by Crippen LogP contribution is -1.85. The second kappa shape index (κ2) is 4.83. The van der Waals surface area contributed by atoms with Gasteiger partial charge in [0.25, 0.3) is 0 Å². The fraction of sp³-hybridized carbons (Fsp3) is 0.200. The third-order valence-electron chi connectivity index (χ3n) is 3.20. The van der Waals surface area contributed by atoms with Gasteiger partial charge < -0.3 is 0 Å². The number of aryl methyl sites for hydroxylation is 2. The first-order chi connectivity index (χ1) is 8.86. The molecule has 0 amide bonds. The molecular weight excluding hydrogens is 240 g/mol. The highest BCUT2D eigenvalue weighted by Crippen LogP contribution is 2.33. The molecule has 0 aliphatic heterocycles. The Morgan fingerprint density at radius 2 is 2.06 bits per heavy atom. The Morgan fingerprint density at radius 3 is 2.94 bits per heavy atom. The summed E-state index contributed by atoms with van der Waals surface area (Å²) in [6, 6.07) is 10.6. The number of fused-ring (bicyclic) bond motifs is 1. The molecule has 88 valence electrons. The average molecular weight is 252 g/mol. The third-order valence-corrected chi connectivity index (χ3v) is 4.24. The van der Waals surface area contributed by atoms with E-state index >= 15 is 0 Å². The van der Waals surface area contributed by atoms with Crippen molar-refractivity contribution in [1.82, 2.24) is 4.98 Å². The van der Waals surface area contributed by atoms with Crippen LogP contribution in [0.15, 0.2) is 46.5 Å². The van der Waals surface area contributed by atoms with E-state index in [9.17, 15) is 0 Å². The van der Waals surface area contributed by atoms with Gasteiger partial charge in [0.2, 0.25) is 0 Å². The van der Waals surface area contributed by atoms with E-state index in [4.69, 9.17) is 5.26 Å². The SMILES string of the molecule is N#Cc1ccncc1Sc1ccc2c(c1)CCC2. The summed E-state index contributed by atoms with van der Waals surface area (Å²) in [5.74, 6) is 0. The van der Waals surface area contributed by atoms with Crippen molar-refractivity contribution in [3.63, 3.8) is 0 Å². The lowest BCUT2D eigenvalue weighted by molar-refractivity contribution is 0.911. The molecule has 0 spiro atoms. The molecule has 0 radical (unpaired) electrons. The van der Waals surface area contributed by atoms with Crippen LogP contribution in [0.4, 0.5) is 0 Å². The maximum absolute atomic E-state index is 9.06. The molecule has 0 saturated carbocycles. The highest BCUT2D eigenvalue weighted by Gasteiger charge is 2.12. The van der Waals surface area contributed by atoms with Gasteiger partial charge in [-0.15, -0.1) is 0 Å². The summed E-state index contributed by atoms with van der Waals surface area (Å²) in [5, 5.41) is 9.06. The van der Waals surface area contributed by atoms with E-state index in [1.165, 1.54) is 35.3 Å². The molecule has 3 heteroatoms. The van der Waals surface area contributed by atoms with Gasteiger partial charge >= 0.3 is 0 Å². The Kier molecular flexibility index (Phi) is 3.04. The number of aromatic nitrogens is 1. The largest absolute Gasteiger partial charge is 0.263 e. The molecule has 1 heterocycles. The number of nitriles is 1. The molecule has 2 aromatic rings. The van der Waals surface area contributed by atoms with Crippen molar-refractivity contribution in [2.24, 2.45) is 0 Å². The summed E-state index contributed by atoms with van der Waals surface area (Å²) in [7, 11) is 0. The molecule has 1 aliphatic rings. The summed E-state index contributed by atoms with van der Waals surface area (Å²) in [4.78, 5) is 6.21. The van der Waals surface area contributed by atoms with Crippen LogP contribution >= 0.6 is 11.8 Å². The monoisotopic (exact) mass is 252 g/mol. The molecule has 0 atom stereocenters. The fourth-order valence-electron chi connectivity index (χ4n) is 2.29. The summed E-state index contributed by atoms with van der Waals surface area (Å²) in [5.41, 5.74) is 3.63. The van der Waals surface area contributed by atoms with Gasteiger partial charge in [0.05, 0.1) is 5.56 Å². The van der Waals surface area contributed by atoms with Crippen LogP contribution in [-0.2, 0) is 12.8 Å². The van der Waals surface area contributed by atoms with Gasteiger partial charge in [-0.3, -0.25) is 4.98 Å². The molecule has 1 aromatic heterocycles. The van der Waals surface area contributed by atoms with Crippen LogP contribution in [0.1, 0.15) is 23.1 Å². The quantitative estimate of drug-likeness (QED) is 0.819. The first-order valence-corrected chi connectivity index (χ1v) is 6.82. The van der Waals surface area contributed by atoms with E-state index in [-0.39, 0.29) is 0 Å². The van der Waals surface area contributed by atoms with E-state index in [1.807, 2.05) is 0 Å². The lowest BCUT2D eigenvalue weighted by Gasteiger charge is -2.05. The van der Waals surface area contributed by atoms with Crippen molar-refractivity contribution < 1.29 is 0 Å². The van der Waals surface area contributed by atoms with E-state index in [0.29, 0.717) is 5.56 Å². The molecule has 0 fully saturated rings. The standard InChI is InChI=1S/C15H12N2S/c16-9-13-6-7-17-10-15(13)18-14-5-4-11-2-1-3-12(11)8-14/h4-8,10H,1-3H2. The van der Waals surface area contributed by atoms with Crippen molar-refractivity contribution in [3.8, 4) is 6.07 Å². The Balaban J connectivity index is 1.91. The van der Waals surface area contributed by atoms with E-state index < -0.39 is 0 Å². The van der Waals surface area contributed by atoms with Crippen molar-refractivity contribution in [2.75, 3.05) is 0 Å². The van der Waals surface area contributed by atoms with Gasteiger partial charge in [-0.1, -0.05) is 17.8 Å². The molecule has 0 N–H and O–H groups in total. The molecule has 2 nitrogen and oxygen atoms in total. The first-order valence-electron chi connectivity index (χ1n) is 6.00. The van der Waals surface area contributed by atoms with Gasteiger partial charge in [0.1, 0.15) is 6.07 Å².